The van der Waals surface area contributed by atoms with Crippen LogP contribution in [-0.2, 0) is 4.79 Å². The molecule has 1 unspecified atom stereocenters. The van der Waals surface area contributed by atoms with Gasteiger partial charge in [-0.1, -0.05) is 29.8 Å². The summed E-state index contributed by atoms with van der Waals surface area (Å²) in [5.41, 5.74) is 3.18. The largest absolute Gasteiger partial charge is 0.352 e. The smallest absolute Gasteiger partial charge is 0.238 e. The van der Waals surface area contributed by atoms with Gasteiger partial charge in [0.15, 0.2) is 0 Å². The molecule has 0 aliphatic heterocycles. The number of carbonyl (C=O) groups excluding carboxylic acids is 1. The molecule has 120 valence electrons. The molecule has 0 spiro atoms. The molecule has 0 bridgehead atoms. The monoisotopic (exact) mass is 329 g/mol. The third kappa shape index (κ3) is 4.14. The number of thioether (sulfide) groups is 1. The zero-order valence-corrected chi connectivity index (χ0v) is 14.1. The lowest BCUT2D eigenvalue weighted by Gasteiger charge is -2.18. The van der Waals surface area contributed by atoms with Gasteiger partial charge in [-0.05, 0) is 56.0 Å². The van der Waals surface area contributed by atoms with Gasteiger partial charge < -0.3 is 5.32 Å². The van der Waals surface area contributed by atoms with Crippen LogP contribution in [0.1, 0.15) is 34.8 Å². The van der Waals surface area contributed by atoms with Crippen LogP contribution < -0.4 is 5.32 Å². The maximum atomic E-state index is 13.2. The van der Waals surface area contributed by atoms with Gasteiger partial charge in [-0.2, -0.15) is 0 Å². The quantitative estimate of drug-likeness (QED) is 0.815. The molecule has 23 heavy (non-hydrogen) atoms. The van der Waals surface area contributed by atoms with Crippen molar-refractivity contribution in [3.8, 4) is 0 Å². The number of aryl methyl sites for hydroxylation is 2. The second-order valence-electron chi connectivity index (χ2n) is 6.10. The Morgan fingerprint density at radius 1 is 1.17 bits per heavy atom. The molecule has 1 fully saturated rings. The summed E-state index contributed by atoms with van der Waals surface area (Å²) in [6.45, 7) is 4.11. The summed E-state index contributed by atoms with van der Waals surface area (Å²) in [5, 5.41) is 2.70. The fourth-order valence-corrected chi connectivity index (χ4v) is 3.59. The first kappa shape index (κ1) is 16.1. The van der Waals surface area contributed by atoms with Crippen molar-refractivity contribution in [2.45, 2.75) is 42.9 Å². The maximum absolute atomic E-state index is 13.2. The van der Waals surface area contributed by atoms with Gasteiger partial charge in [0.2, 0.25) is 5.91 Å². The van der Waals surface area contributed by atoms with Gasteiger partial charge in [0.25, 0.3) is 0 Å². The highest BCUT2D eigenvalue weighted by Gasteiger charge is 2.29. The van der Waals surface area contributed by atoms with Crippen LogP contribution in [0.3, 0.4) is 0 Å². The second kappa shape index (κ2) is 6.75. The van der Waals surface area contributed by atoms with Crippen molar-refractivity contribution in [2.75, 3.05) is 0 Å². The van der Waals surface area contributed by atoms with Crippen LogP contribution >= 0.6 is 11.8 Å². The number of nitrogens with one attached hydrogen (secondary N) is 1. The van der Waals surface area contributed by atoms with Crippen LogP contribution in [-0.4, -0.2) is 11.9 Å². The Hall–Kier alpha value is -1.81. The first-order valence-electron chi connectivity index (χ1n) is 7.82. The van der Waals surface area contributed by atoms with Gasteiger partial charge in [0, 0.05) is 10.9 Å². The van der Waals surface area contributed by atoms with Crippen molar-refractivity contribution in [1.82, 2.24) is 5.32 Å². The highest BCUT2D eigenvalue weighted by atomic mass is 32.2. The topological polar surface area (TPSA) is 29.1 Å². The molecule has 0 saturated heterocycles. The Morgan fingerprint density at radius 3 is 2.48 bits per heavy atom. The van der Waals surface area contributed by atoms with E-state index in [1.165, 1.54) is 29.5 Å². The molecule has 4 heteroatoms. The van der Waals surface area contributed by atoms with Gasteiger partial charge >= 0.3 is 0 Å². The van der Waals surface area contributed by atoms with Gasteiger partial charge in [-0.25, -0.2) is 4.39 Å². The molecule has 2 nitrogen and oxygen atoms in total. The summed E-state index contributed by atoms with van der Waals surface area (Å²) < 4.78 is 13.2. The summed E-state index contributed by atoms with van der Waals surface area (Å²) in [6.07, 6.45) is 2.10. The molecule has 1 N–H and O–H groups in total. The zero-order chi connectivity index (χ0) is 16.4. The van der Waals surface area contributed by atoms with E-state index in [1.807, 2.05) is 0 Å². The number of hydrogen-bond donors (Lipinski definition) is 1. The summed E-state index contributed by atoms with van der Waals surface area (Å²) in [5.74, 6) is -0.282. The number of hydrogen-bond acceptors (Lipinski definition) is 2. The Bertz CT molecular complexity index is 710. The zero-order valence-electron chi connectivity index (χ0n) is 13.3. The minimum absolute atomic E-state index is 0.00378. The molecule has 2 aromatic rings. The molecule has 0 aromatic heterocycles. The first-order chi connectivity index (χ1) is 11.0. The molecule has 0 heterocycles. The Labute approximate surface area is 140 Å². The fraction of sp³-hybridized carbons (Fsp3) is 0.316. The average Bonchev–Trinajstić information content (AvgIpc) is 3.31. The molecule has 1 aliphatic rings. The van der Waals surface area contributed by atoms with Gasteiger partial charge in [-0.15, -0.1) is 11.8 Å². The summed E-state index contributed by atoms with van der Waals surface area (Å²) >= 11 is 1.53. The highest BCUT2D eigenvalue weighted by molar-refractivity contribution is 8.00. The Morgan fingerprint density at radius 2 is 1.87 bits per heavy atom. The number of halogens is 1. The van der Waals surface area contributed by atoms with Crippen molar-refractivity contribution >= 4 is 17.7 Å². The van der Waals surface area contributed by atoms with E-state index in [-0.39, 0.29) is 17.0 Å². The number of rotatable bonds is 5. The van der Waals surface area contributed by atoms with Crippen molar-refractivity contribution in [3.05, 3.63) is 65.0 Å². The van der Waals surface area contributed by atoms with Crippen molar-refractivity contribution in [1.29, 1.82) is 0 Å². The predicted molar refractivity (Wildman–Crippen MR) is 92.1 cm³/mol. The number of benzene rings is 2. The maximum Gasteiger partial charge on any atom is 0.238 e. The summed E-state index contributed by atoms with van der Waals surface area (Å²) in [6, 6.07) is 12.7. The average molecular weight is 329 g/mol. The molecule has 3 rings (SSSR count). The molecule has 1 aliphatic carbocycles. The molecular formula is C19H20FNOS. The molecule has 1 atom stereocenters. The second-order valence-corrected chi connectivity index (χ2v) is 7.25. The van der Waals surface area contributed by atoms with E-state index >= 15 is 0 Å². The van der Waals surface area contributed by atoms with Crippen molar-refractivity contribution < 1.29 is 9.18 Å². The standard InChI is InChI=1S/C19H20FNOS/c1-12-3-10-17(13(2)11-12)23-18(19(22)21-16-8-9-16)14-4-6-15(20)7-5-14/h3-7,10-11,16,18H,8-9H2,1-2H3,(H,21,22). The fourth-order valence-electron chi connectivity index (χ4n) is 2.47. The lowest BCUT2D eigenvalue weighted by atomic mass is 10.1. The van der Waals surface area contributed by atoms with E-state index in [9.17, 15) is 9.18 Å². The Kier molecular flexibility index (Phi) is 4.71. The normalized spacial score (nSPS) is 15.3. The van der Waals surface area contributed by atoms with E-state index in [0.29, 0.717) is 6.04 Å². The number of carbonyl (C=O) groups is 1. The van der Waals surface area contributed by atoms with Crippen LogP contribution in [0.25, 0.3) is 0 Å². The van der Waals surface area contributed by atoms with E-state index in [1.54, 1.807) is 12.1 Å². The van der Waals surface area contributed by atoms with E-state index in [4.69, 9.17) is 0 Å². The van der Waals surface area contributed by atoms with Crippen LogP contribution in [0.15, 0.2) is 47.4 Å². The minimum Gasteiger partial charge on any atom is -0.352 e. The van der Waals surface area contributed by atoms with Crippen molar-refractivity contribution in [3.63, 3.8) is 0 Å². The minimum atomic E-state index is -0.363. The first-order valence-corrected chi connectivity index (χ1v) is 8.70. The third-order valence-electron chi connectivity index (χ3n) is 3.91. The van der Waals surface area contributed by atoms with Crippen LogP contribution in [0.5, 0.6) is 0 Å². The van der Waals surface area contributed by atoms with Crippen molar-refractivity contribution in [2.24, 2.45) is 0 Å². The van der Waals surface area contributed by atoms with Gasteiger partial charge in [0.05, 0.1) is 0 Å². The van der Waals surface area contributed by atoms with E-state index in [2.05, 4.69) is 37.4 Å². The molecule has 1 amide bonds. The SMILES string of the molecule is Cc1ccc(SC(C(=O)NC2CC2)c2ccc(F)cc2)c(C)c1. The van der Waals surface area contributed by atoms with E-state index < -0.39 is 0 Å². The third-order valence-corrected chi connectivity index (χ3v) is 5.34. The highest BCUT2D eigenvalue weighted by Crippen LogP contribution is 2.38. The van der Waals surface area contributed by atoms with Crippen LogP contribution in [0.4, 0.5) is 4.39 Å². The number of amides is 1. The molecule has 0 radical (unpaired) electrons. The Balaban J connectivity index is 1.87. The van der Waals surface area contributed by atoms with Gasteiger partial charge in [-0.3, -0.25) is 4.79 Å². The molecule has 1 saturated carbocycles. The lowest BCUT2D eigenvalue weighted by molar-refractivity contribution is -0.120. The predicted octanol–water partition coefficient (Wildman–Crippen LogP) is 4.55. The van der Waals surface area contributed by atoms with Crippen LogP contribution in [0.2, 0.25) is 0 Å². The summed E-state index contributed by atoms with van der Waals surface area (Å²) in [7, 11) is 0. The molecular weight excluding hydrogens is 309 g/mol. The summed E-state index contributed by atoms with van der Waals surface area (Å²) in [4.78, 5) is 13.7. The van der Waals surface area contributed by atoms with E-state index in [0.717, 1.165) is 28.9 Å². The van der Waals surface area contributed by atoms with Gasteiger partial charge in [0.1, 0.15) is 11.1 Å². The lowest BCUT2D eigenvalue weighted by Crippen LogP contribution is -2.29. The van der Waals surface area contributed by atoms with Crippen LogP contribution in [0, 0.1) is 19.7 Å². The molecule has 2 aromatic carbocycles.